The predicted octanol–water partition coefficient (Wildman–Crippen LogP) is 2.88. The number of rotatable bonds is 6. The van der Waals surface area contributed by atoms with Crippen LogP contribution in [-0.4, -0.2) is 91.1 Å². The lowest BCUT2D eigenvalue weighted by atomic mass is 10.1. The molecule has 3 aromatic heterocycles. The molecule has 1 N–H and O–H groups in total. The van der Waals surface area contributed by atoms with Crippen LogP contribution in [0.5, 0.6) is 0 Å². The summed E-state index contributed by atoms with van der Waals surface area (Å²) in [7, 11) is 2.07. The predicted molar refractivity (Wildman–Crippen MR) is 148 cm³/mol. The standard InChI is InChI=1S/C28H38N8O2/c1-3-23-29-21-10-4-5-11-22(21)36(23)28-31-26-25(27(32-28)35-16-18-38-19-17-35)30-24(33(26)2)12-15-34-13-6-8-20(37)9-7-14-34/h4-5,10-11,20,37H,3,6-9,12-19H2,1-2H3. The fourth-order valence-corrected chi connectivity index (χ4v) is 5.77. The van der Waals surface area contributed by atoms with E-state index in [-0.39, 0.29) is 6.10 Å². The number of aryl methyl sites for hydroxylation is 2. The van der Waals surface area contributed by atoms with Crippen molar-refractivity contribution < 1.29 is 9.84 Å². The van der Waals surface area contributed by atoms with Crippen LogP contribution in [0.4, 0.5) is 5.82 Å². The van der Waals surface area contributed by atoms with E-state index in [1.807, 2.05) is 18.2 Å². The quantitative estimate of drug-likeness (QED) is 0.416. The summed E-state index contributed by atoms with van der Waals surface area (Å²) in [4.78, 5) is 25.0. The van der Waals surface area contributed by atoms with Crippen LogP contribution in [0.3, 0.4) is 0 Å². The van der Waals surface area contributed by atoms with Gasteiger partial charge >= 0.3 is 0 Å². The summed E-state index contributed by atoms with van der Waals surface area (Å²) >= 11 is 0. The largest absolute Gasteiger partial charge is 0.393 e. The molecule has 10 heteroatoms. The minimum atomic E-state index is -0.135. The molecule has 1 aromatic carbocycles. The van der Waals surface area contributed by atoms with Gasteiger partial charge < -0.3 is 24.2 Å². The van der Waals surface area contributed by atoms with Gasteiger partial charge in [0.15, 0.2) is 17.0 Å². The van der Waals surface area contributed by atoms with E-state index in [9.17, 15) is 5.11 Å². The van der Waals surface area contributed by atoms with Gasteiger partial charge in [-0.2, -0.15) is 9.97 Å². The Labute approximate surface area is 223 Å². The number of aliphatic hydroxyl groups excluding tert-OH is 1. The maximum atomic E-state index is 9.98. The summed E-state index contributed by atoms with van der Waals surface area (Å²) in [5, 5.41) is 9.98. The van der Waals surface area contributed by atoms with Gasteiger partial charge in [-0.25, -0.2) is 9.97 Å². The lowest BCUT2D eigenvalue weighted by Crippen LogP contribution is -2.37. The highest BCUT2D eigenvalue weighted by Crippen LogP contribution is 2.28. The third kappa shape index (κ3) is 4.88. The Hall–Kier alpha value is -3.08. The van der Waals surface area contributed by atoms with Gasteiger partial charge in [0, 0.05) is 39.5 Å². The monoisotopic (exact) mass is 518 g/mol. The van der Waals surface area contributed by atoms with E-state index in [4.69, 9.17) is 24.7 Å². The minimum absolute atomic E-state index is 0.135. The number of nitrogens with zero attached hydrogens (tertiary/aromatic N) is 8. The summed E-state index contributed by atoms with van der Waals surface area (Å²) in [6.45, 7) is 8.04. The number of anilines is 1. The molecule has 0 amide bonds. The Balaban J connectivity index is 1.39. The van der Waals surface area contributed by atoms with Crippen molar-refractivity contribution in [1.82, 2.24) is 34.0 Å². The maximum absolute atomic E-state index is 9.98. The van der Waals surface area contributed by atoms with Crippen LogP contribution in [0.1, 0.15) is 44.3 Å². The zero-order valence-electron chi connectivity index (χ0n) is 22.5. The SMILES string of the molecule is CCc1nc2ccccc2n1-c1nc(N2CCOCC2)c2nc(CCN3CCCC(O)CCC3)n(C)c2n1. The number of benzene rings is 1. The molecule has 202 valence electrons. The number of fused-ring (bicyclic) bond motifs is 2. The number of likely N-dealkylation sites (tertiary alicyclic amines) is 1. The molecule has 6 rings (SSSR count). The summed E-state index contributed by atoms with van der Waals surface area (Å²) in [5.41, 5.74) is 3.67. The van der Waals surface area contributed by atoms with Gasteiger partial charge in [-0.15, -0.1) is 0 Å². The molecule has 0 bridgehead atoms. The summed E-state index contributed by atoms with van der Waals surface area (Å²) in [5.74, 6) is 3.48. The first kappa shape index (κ1) is 25.2. The molecular formula is C28H38N8O2. The second kappa shape index (κ2) is 11.0. The molecule has 2 aliphatic heterocycles. The van der Waals surface area contributed by atoms with E-state index in [1.165, 1.54) is 0 Å². The van der Waals surface area contributed by atoms with E-state index in [0.29, 0.717) is 19.2 Å². The Kier molecular flexibility index (Phi) is 7.27. The first-order chi connectivity index (χ1) is 18.6. The van der Waals surface area contributed by atoms with E-state index < -0.39 is 0 Å². The van der Waals surface area contributed by atoms with Crippen LogP contribution in [0, 0.1) is 0 Å². The van der Waals surface area contributed by atoms with E-state index in [0.717, 1.165) is 111 Å². The van der Waals surface area contributed by atoms with Crippen molar-refractivity contribution in [3.8, 4) is 5.95 Å². The highest BCUT2D eigenvalue weighted by Gasteiger charge is 2.24. The average Bonchev–Trinajstić information content (AvgIpc) is 3.47. The Bertz CT molecular complexity index is 1400. The molecular weight excluding hydrogens is 480 g/mol. The van der Waals surface area contributed by atoms with Crippen molar-refractivity contribution in [2.45, 2.75) is 51.6 Å². The van der Waals surface area contributed by atoms with Crippen LogP contribution in [0.15, 0.2) is 24.3 Å². The normalized spacial score (nSPS) is 18.3. The minimum Gasteiger partial charge on any atom is -0.393 e. The van der Waals surface area contributed by atoms with Gasteiger partial charge in [0.2, 0.25) is 5.95 Å². The molecule has 0 saturated carbocycles. The third-order valence-electron chi connectivity index (χ3n) is 7.91. The van der Waals surface area contributed by atoms with Crippen molar-refractivity contribution in [3.05, 3.63) is 35.9 Å². The number of hydrogen-bond acceptors (Lipinski definition) is 8. The summed E-state index contributed by atoms with van der Waals surface area (Å²) in [6, 6.07) is 8.18. The first-order valence-electron chi connectivity index (χ1n) is 14.1. The zero-order valence-corrected chi connectivity index (χ0v) is 22.5. The van der Waals surface area contributed by atoms with Crippen molar-refractivity contribution in [2.24, 2.45) is 7.05 Å². The van der Waals surface area contributed by atoms with Crippen LogP contribution in [0.25, 0.3) is 28.1 Å². The molecule has 38 heavy (non-hydrogen) atoms. The van der Waals surface area contributed by atoms with Crippen molar-refractivity contribution in [1.29, 1.82) is 0 Å². The summed E-state index contributed by atoms with van der Waals surface area (Å²) < 4.78 is 9.88. The molecule has 0 radical (unpaired) electrons. The molecule has 2 fully saturated rings. The number of imidazole rings is 2. The van der Waals surface area contributed by atoms with Gasteiger partial charge in [-0.05, 0) is 50.9 Å². The number of para-hydroxylation sites is 2. The molecule has 0 unspecified atom stereocenters. The third-order valence-corrected chi connectivity index (χ3v) is 7.91. The van der Waals surface area contributed by atoms with E-state index in [1.54, 1.807) is 0 Å². The fourth-order valence-electron chi connectivity index (χ4n) is 5.77. The molecule has 0 atom stereocenters. The highest BCUT2D eigenvalue weighted by molar-refractivity contribution is 5.86. The van der Waals surface area contributed by atoms with Gasteiger partial charge in [0.25, 0.3) is 0 Å². The summed E-state index contributed by atoms with van der Waals surface area (Å²) in [6.07, 6.45) is 5.37. The van der Waals surface area contributed by atoms with Gasteiger partial charge in [0.1, 0.15) is 11.6 Å². The fraction of sp³-hybridized carbons (Fsp3) is 0.571. The number of ether oxygens (including phenoxy) is 1. The molecule has 10 nitrogen and oxygen atoms in total. The molecule has 2 saturated heterocycles. The van der Waals surface area contributed by atoms with Crippen molar-refractivity contribution in [2.75, 3.05) is 50.8 Å². The lowest BCUT2D eigenvalue weighted by Gasteiger charge is -2.28. The molecule has 5 heterocycles. The second-order valence-electron chi connectivity index (χ2n) is 10.4. The van der Waals surface area contributed by atoms with Crippen molar-refractivity contribution >= 4 is 28.0 Å². The van der Waals surface area contributed by atoms with Crippen LogP contribution in [0.2, 0.25) is 0 Å². The van der Waals surface area contributed by atoms with Crippen LogP contribution < -0.4 is 4.90 Å². The smallest absolute Gasteiger partial charge is 0.239 e. The van der Waals surface area contributed by atoms with E-state index >= 15 is 0 Å². The number of morpholine rings is 1. The van der Waals surface area contributed by atoms with Gasteiger partial charge in [-0.3, -0.25) is 4.57 Å². The van der Waals surface area contributed by atoms with Gasteiger partial charge in [0.05, 0.1) is 30.4 Å². The number of aliphatic hydroxyl groups is 1. The van der Waals surface area contributed by atoms with Crippen LogP contribution >= 0.6 is 0 Å². The maximum Gasteiger partial charge on any atom is 0.239 e. The first-order valence-corrected chi connectivity index (χ1v) is 14.1. The molecule has 0 aliphatic carbocycles. The topological polar surface area (TPSA) is 97.4 Å². The molecule has 0 spiro atoms. The Morgan fingerprint density at radius 1 is 0.947 bits per heavy atom. The van der Waals surface area contributed by atoms with E-state index in [2.05, 4.69) is 39.0 Å². The Morgan fingerprint density at radius 2 is 1.71 bits per heavy atom. The lowest BCUT2D eigenvalue weighted by molar-refractivity contribution is 0.120. The molecule has 2 aliphatic rings. The highest BCUT2D eigenvalue weighted by atomic mass is 16.5. The van der Waals surface area contributed by atoms with Crippen LogP contribution in [-0.2, 0) is 24.6 Å². The number of hydrogen-bond donors (Lipinski definition) is 1. The Morgan fingerprint density at radius 3 is 2.47 bits per heavy atom. The second-order valence-corrected chi connectivity index (χ2v) is 10.4. The van der Waals surface area contributed by atoms with Crippen molar-refractivity contribution in [3.63, 3.8) is 0 Å². The number of aromatic nitrogens is 6. The zero-order chi connectivity index (χ0) is 26.1. The molecule has 4 aromatic rings. The van der Waals surface area contributed by atoms with Gasteiger partial charge in [-0.1, -0.05) is 19.1 Å². The average molecular weight is 519 g/mol.